The van der Waals surface area contributed by atoms with Gasteiger partial charge in [0, 0.05) is 28.6 Å². The molecule has 1 aliphatic rings. The third kappa shape index (κ3) is 14.6. The molecule has 5 rings (SSSR count). The molecule has 0 aliphatic heterocycles. The third-order valence-electron chi connectivity index (χ3n) is 14.3. The zero-order valence-corrected chi connectivity index (χ0v) is 38.0. The summed E-state index contributed by atoms with van der Waals surface area (Å²) >= 11 is 0. The van der Waals surface area contributed by atoms with Crippen LogP contribution < -0.4 is 11.5 Å². The standard InChI is InChI=1S/C57H84N2/c1-4-7-10-13-16-17-20-23-46-42-44-57(45-43-46,51-34-26-47(27-35-51)55(24-21-18-14-11-8-5-2)49-30-38-53(58)39-31-49)52-36-28-48(29-37-52)56(25-22-19-15-12-9-6-3)50-32-40-54(59)41-33-50/h26-41,46,55-56H,4-25,42-45,58-59H2,1-3H3. The minimum absolute atomic E-state index is 0.0552. The molecule has 1 saturated carbocycles. The molecule has 0 bridgehead atoms. The molecule has 1 aliphatic carbocycles. The average Bonchev–Trinajstić information content (AvgIpc) is 3.27. The van der Waals surface area contributed by atoms with Crippen molar-refractivity contribution in [3.05, 3.63) is 130 Å². The van der Waals surface area contributed by atoms with E-state index in [1.807, 2.05) is 0 Å². The summed E-state index contributed by atoms with van der Waals surface area (Å²) in [5.74, 6) is 1.66. The first-order valence-corrected chi connectivity index (χ1v) is 24.9. The van der Waals surface area contributed by atoms with E-state index in [2.05, 4.69) is 118 Å². The minimum Gasteiger partial charge on any atom is -0.399 e. The second-order valence-corrected chi connectivity index (χ2v) is 18.7. The van der Waals surface area contributed by atoms with Gasteiger partial charge in [0.1, 0.15) is 0 Å². The molecule has 0 aromatic heterocycles. The number of hydrogen-bond donors (Lipinski definition) is 2. The van der Waals surface area contributed by atoms with E-state index in [0.717, 1.165) is 17.3 Å². The van der Waals surface area contributed by atoms with Gasteiger partial charge in [-0.3, -0.25) is 0 Å². The van der Waals surface area contributed by atoms with E-state index in [4.69, 9.17) is 11.5 Å². The zero-order chi connectivity index (χ0) is 41.5. The summed E-state index contributed by atoms with van der Waals surface area (Å²) in [6.45, 7) is 6.93. The lowest BCUT2D eigenvalue weighted by Crippen LogP contribution is -2.33. The Balaban J connectivity index is 1.38. The summed E-state index contributed by atoms with van der Waals surface area (Å²) in [5.41, 5.74) is 22.8. The number of hydrogen-bond acceptors (Lipinski definition) is 2. The van der Waals surface area contributed by atoms with Crippen LogP contribution >= 0.6 is 0 Å². The molecule has 2 nitrogen and oxygen atoms in total. The Bertz CT molecular complexity index is 1550. The Morgan fingerprint density at radius 2 is 0.712 bits per heavy atom. The molecule has 1 fully saturated rings. The quantitative estimate of drug-likeness (QED) is 0.0444. The van der Waals surface area contributed by atoms with Crippen molar-refractivity contribution < 1.29 is 0 Å². The maximum atomic E-state index is 6.17. The van der Waals surface area contributed by atoms with Crippen molar-refractivity contribution in [1.82, 2.24) is 0 Å². The van der Waals surface area contributed by atoms with Crippen LogP contribution in [-0.2, 0) is 5.41 Å². The third-order valence-corrected chi connectivity index (χ3v) is 14.3. The van der Waals surface area contributed by atoms with Gasteiger partial charge in [0.15, 0.2) is 0 Å². The van der Waals surface area contributed by atoms with Crippen LogP contribution in [0.4, 0.5) is 11.4 Å². The fourth-order valence-electron chi connectivity index (χ4n) is 10.4. The maximum Gasteiger partial charge on any atom is 0.0314 e. The lowest BCUT2D eigenvalue weighted by Gasteiger charge is -2.42. The van der Waals surface area contributed by atoms with Crippen LogP contribution in [0.5, 0.6) is 0 Å². The van der Waals surface area contributed by atoms with Crippen LogP contribution in [0.1, 0.15) is 233 Å². The van der Waals surface area contributed by atoms with Gasteiger partial charge in [-0.2, -0.15) is 0 Å². The maximum absolute atomic E-state index is 6.17. The highest BCUT2D eigenvalue weighted by atomic mass is 14.5. The van der Waals surface area contributed by atoms with Crippen LogP contribution in [-0.4, -0.2) is 0 Å². The molecule has 0 amide bonds. The number of benzene rings is 4. The Kier molecular flexibility index (Phi) is 20.5. The molecule has 0 radical (unpaired) electrons. The second kappa shape index (κ2) is 26.0. The number of unbranched alkanes of at least 4 members (excludes halogenated alkanes) is 16. The Labute approximate surface area is 362 Å². The molecule has 4 N–H and O–H groups in total. The van der Waals surface area contributed by atoms with Gasteiger partial charge in [0.2, 0.25) is 0 Å². The van der Waals surface area contributed by atoms with Crippen molar-refractivity contribution in [2.24, 2.45) is 5.92 Å². The van der Waals surface area contributed by atoms with Gasteiger partial charge in [0.05, 0.1) is 0 Å². The highest BCUT2D eigenvalue weighted by Gasteiger charge is 2.38. The molecule has 59 heavy (non-hydrogen) atoms. The predicted octanol–water partition coefficient (Wildman–Crippen LogP) is 17.2. The number of anilines is 2. The van der Waals surface area contributed by atoms with Crippen LogP contribution in [0.25, 0.3) is 0 Å². The monoisotopic (exact) mass is 797 g/mol. The summed E-state index contributed by atoms with van der Waals surface area (Å²) < 4.78 is 0. The number of rotatable bonds is 28. The van der Waals surface area contributed by atoms with Gasteiger partial charge >= 0.3 is 0 Å². The molecule has 2 unspecified atom stereocenters. The van der Waals surface area contributed by atoms with Crippen molar-refractivity contribution in [3.8, 4) is 0 Å². The zero-order valence-electron chi connectivity index (χ0n) is 38.0. The van der Waals surface area contributed by atoms with Crippen LogP contribution in [0.15, 0.2) is 97.1 Å². The molecule has 322 valence electrons. The van der Waals surface area contributed by atoms with Crippen LogP contribution in [0.2, 0.25) is 0 Å². The molecule has 2 atom stereocenters. The summed E-state index contributed by atoms with van der Waals surface area (Å²) in [7, 11) is 0. The lowest BCUT2D eigenvalue weighted by molar-refractivity contribution is 0.250. The van der Waals surface area contributed by atoms with Crippen molar-refractivity contribution in [2.45, 2.75) is 205 Å². The summed E-state index contributed by atoms with van der Waals surface area (Å²) in [6, 6.07) is 37.5. The number of nitrogens with two attached hydrogens (primary N) is 2. The van der Waals surface area contributed by atoms with Gasteiger partial charge in [-0.05, 0) is 102 Å². The highest BCUT2D eigenvalue weighted by Crippen LogP contribution is 2.48. The molecule has 0 heterocycles. The minimum atomic E-state index is 0.0552. The summed E-state index contributed by atoms with van der Waals surface area (Å²) in [4.78, 5) is 0. The largest absolute Gasteiger partial charge is 0.399 e. The van der Waals surface area contributed by atoms with E-state index in [-0.39, 0.29) is 5.41 Å². The first-order chi connectivity index (χ1) is 29.0. The SMILES string of the molecule is CCCCCCCCCC1CCC(c2ccc(C(CCCCCCCC)c3ccc(N)cc3)cc2)(c2ccc(C(CCCCCCCC)c3ccc(N)cc3)cc2)CC1. The molecule has 0 saturated heterocycles. The molecular formula is C57H84N2. The first-order valence-electron chi connectivity index (χ1n) is 24.9. The normalized spacial score (nSPS) is 17.8. The van der Waals surface area contributed by atoms with Crippen LogP contribution in [0, 0.1) is 5.92 Å². The fourth-order valence-corrected chi connectivity index (χ4v) is 10.4. The second-order valence-electron chi connectivity index (χ2n) is 18.7. The number of nitrogen functional groups attached to an aromatic ring is 2. The lowest BCUT2D eigenvalue weighted by atomic mass is 9.62. The topological polar surface area (TPSA) is 52.0 Å². The van der Waals surface area contributed by atoms with E-state index in [1.54, 1.807) is 0 Å². The predicted molar refractivity (Wildman–Crippen MR) is 260 cm³/mol. The van der Waals surface area contributed by atoms with Crippen LogP contribution in [0.3, 0.4) is 0 Å². The molecule has 4 aromatic rings. The van der Waals surface area contributed by atoms with Crippen molar-refractivity contribution in [1.29, 1.82) is 0 Å². The van der Waals surface area contributed by atoms with Gasteiger partial charge in [-0.1, -0.05) is 222 Å². The van der Waals surface area contributed by atoms with Crippen molar-refractivity contribution >= 4 is 11.4 Å². The molecule has 2 heteroatoms. The molecule has 4 aromatic carbocycles. The Morgan fingerprint density at radius 1 is 0.407 bits per heavy atom. The molecular weight excluding hydrogens is 713 g/mol. The van der Waals surface area contributed by atoms with Gasteiger partial charge in [-0.25, -0.2) is 0 Å². The first kappa shape index (κ1) is 46.5. The smallest absolute Gasteiger partial charge is 0.0314 e. The van der Waals surface area contributed by atoms with Gasteiger partial charge in [-0.15, -0.1) is 0 Å². The average molecular weight is 797 g/mol. The fraction of sp³-hybridized carbons (Fsp3) is 0.579. The van der Waals surface area contributed by atoms with Crippen molar-refractivity contribution in [2.75, 3.05) is 11.5 Å². The highest BCUT2D eigenvalue weighted by molar-refractivity contribution is 5.47. The van der Waals surface area contributed by atoms with E-state index in [1.165, 1.54) is 200 Å². The van der Waals surface area contributed by atoms with Gasteiger partial charge in [0.25, 0.3) is 0 Å². The van der Waals surface area contributed by atoms with E-state index >= 15 is 0 Å². The van der Waals surface area contributed by atoms with Gasteiger partial charge < -0.3 is 11.5 Å². The van der Waals surface area contributed by atoms with E-state index in [0.29, 0.717) is 11.8 Å². The Morgan fingerprint density at radius 3 is 1.07 bits per heavy atom. The summed E-state index contributed by atoms with van der Waals surface area (Å²) in [6.07, 6.45) is 34.7. The Hall–Kier alpha value is -3.52. The summed E-state index contributed by atoms with van der Waals surface area (Å²) in [5, 5.41) is 0. The van der Waals surface area contributed by atoms with Crippen molar-refractivity contribution in [3.63, 3.8) is 0 Å². The van der Waals surface area contributed by atoms with E-state index < -0.39 is 0 Å². The van der Waals surface area contributed by atoms with E-state index in [9.17, 15) is 0 Å². The molecule has 0 spiro atoms.